The molecule has 1 N–H and O–H groups in total. The largest absolute Gasteiger partial charge is 0.465 e. The van der Waals surface area contributed by atoms with Gasteiger partial charge < -0.3 is 19.6 Å². The number of allylic oxidation sites excluding steroid dienone is 1. The molecule has 4 aliphatic rings. The van der Waals surface area contributed by atoms with E-state index >= 15 is 0 Å². The van der Waals surface area contributed by atoms with Gasteiger partial charge in [0.25, 0.3) is 0 Å². The van der Waals surface area contributed by atoms with Gasteiger partial charge in [-0.05, 0) is 38.5 Å². The van der Waals surface area contributed by atoms with Crippen LogP contribution in [0, 0.1) is 17.8 Å². The molecule has 0 bridgehead atoms. The quantitative estimate of drug-likeness (QED) is 0.423. The minimum absolute atomic E-state index is 0.0365. The summed E-state index contributed by atoms with van der Waals surface area (Å²) in [6.07, 6.45) is 12.2. The van der Waals surface area contributed by atoms with E-state index in [1.54, 1.807) is 16.7 Å². The van der Waals surface area contributed by atoms with Gasteiger partial charge in [-0.1, -0.05) is 51.5 Å². The number of nitrogens with zero attached hydrogens (tertiary/aromatic N) is 2. The predicted octanol–water partition coefficient (Wildman–Crippen LogP) is 3.17. The van der Waals surface area contributed by atoms with Crippen LogP contribution in [-0.4, -0.2) is 80.6 Å². The Morgan fingerprint density at radius 1 is 1.20 bits per heavy atom. The number of esters is 1. The fourth-order valence-electron chi connectivity index (χ4n) is 6.39. The van der Waals surface area contributed by atoms with E-state index in [1.165, 1.54) is 0 Å². The first-order valence-electron chi connectivity index (χ1n) is 13.2. The lowest BCUT2D eigenvalue weighted by Gasteiger charge is -2.40. The van der Waals surface area contributed by atoms with Gasteiger partial charge in [0, 0.05) is 17.8 Å². The summed E-state index contributed by atoms with van der Waals surface area (Å²) in [6.45, 7) is 8.87. The van der Waals surface area contributed by atoms with Crippen molar-refractivity contribution in [3.63, 3.8) is 0 Å². The molecular weight excluding hydrogens is 464 g/mol. The van der Waals surface area contributed by atoms with E-state index in [0.29, 0.717) is 19.6 Å². The van der Waals surface area contributed by atoms with Crippen molar-refractivity contribution in [2.24, 2.45) is 17.8 Å². The molecule has 0 saturated carbocycles. The summed E-state index contributed by atoms with van der Waals surface area (Å²) in [5.41, 5.74) is 0. The van der Waals surface area contributed by atoms with Gasteiger partial charge in [0.15, 0.2) is 0 Å². The van der Waals surface area contributed by atoms with Crippen LogP contribution < -0.4 is 0 Å². The van der Waals surface area contributed by atoms with Crippen molar-refractivity contribution in [1.82, 2.24) is 9.80 Å². The fourth-order valence-corrected chi connectivity index (χ4v) is 8.38. The normalized spacial score (nSPS) is 35.4. The Hall–Kier alpha value is -1.80. The average molecular weight is 505 g/mol. The zero-order valence-corrected chi connectivity index (χ0v) is 22.2. The van der Waals surface area contributed by atoms with E-state index in [2.05, 4.69) is 33.8 Å². The van der Waals surface area contributed by atoms with Crippen LogP contribution in [-0.2, 0) is 19.1 Å². The third-order valence-electron chi connectivity index (χ3n) is 7.91. The van der Waals surface area contributed by atoms with Crippen LogP contribution in [0.2, 0.25) is 0 Å². The number of hydrogen-bond acceptors (Lipinski definition) is 6. The molecule has 194 valence electrons. The number of hydrogen-bond donors (Lipinski definition) is 1. The molecule has 8 heteroatoms. The minimum Gasteiger partial charge on any atom is -0.465 e. The maximum Gasteiger partial charge on any atom is 0.311 e. The number of fused-ring (bicyclic) bond motifs is 2. The first-order valence-corrected chi connectivity index (χ1v) is 14.1. The van der Waals surface area contributed by atoms with Crippen molar-refractivity contribution in [2.45, 2.75) is 87.9 Å². The van der Waals surface area contributed by atoms with Crippen molar-refractivity contribution < 1.29 is 24.2 Å². The Morgan fingerprint density at radius 3 is 2.66 bits per heavy atom. The van der Waals surface area contributed by atoms with E-state index < -0.39 is 28.7 Å². The number of likely N-dealkylation sites (tertiary alicyclic amines) is 1. The third kappa shape index (κ3) is 4.57. The summed E-state index contributed by atoms with van der Waals surface area (Å²) in [6, 6.07) is -1.19. The summed E-state index contributed by atoms with van der Waals surface area (Å²) in [5, 5.41) is 10.1. The molecule has 0 aromatic heterocycles. The molecular formula is C27H40N2O5S. The second-order valence-electron chi connectivity index (χ2n) is 10.8. The molecule has 1 spiro atoms. The Morgan fingerprint density at radius 2 is 1.97 bits per heavy atom. The van der Waals surface area contributed by atoms with Crippen LogP contribution in [0.1, 0.15) is 59.8 Å². The first-order chi connectivity index (χ1) is 16.8. The van der Waals surface area contributed by atoms with Gasteiger partial charge >= 0.3 is 5.97 Å². The van der Waals surface area contributed by atoms with Gasteiger partial charge in [-0.2, -0.15) is 0 Å². The minimum atomic E-state index is -0.864. The number of carbonyl (C=O) groups is 3. The van der Waals surface area contributed by atoms with E-state index in [1.807, 2.05) is 23.1 Å². The maximum absolute atomic E-state index is 14.3. The molecule has 4 rings (SSSR count). The zero-order chi connectivity index (χ0) is 25.3. The van der Waals surface area contributed by atoms with Crippen molar-refractivity contribution in [1.29, 1.82) is 0 Å². The summed E-state index contributed by atoms with van der Waals surface area (Å²) < 4.78 is 4.75. The summed E-state index contributed by atoms with van der Waals surface area (Å²) >= 11 is 1.56. The molecule has 2 fully saturated rings. The highest BCUT2D eigenvalue weighted by Gasteiger charge is 2.71. The second-order valence-corrected chi connectivity index (χ2v) is 12.3. The first kappa shape index (κ1) is 26.3. The number of amides is 2. The molecule has 7 nitrogen and oxygen atoms in total. The molecule has 0 aromatic rings. The van der Waals surface area contributed by atoms with Gasteiger partial charge in [0.1, 0.15) is 6.04 Å². The molecule has 7 atom stereocenters. The highest BCUT2D eigenvalue weighted by molar-refractivity contribution is 8.02. The van der Waals surface area contributed by atoms with E-state index in [0.717, 1.165) is 25.7 Å². The van der Waals surface area contributed by atoms with E-state index in [4.69, 9.17) is 4.74 Å². The van der Waals surface area contributed by atoms with Crippen LogP contribution in [0.4, 0.5) is 0 Å². The highest BCUT2D eigenvalue weighted by Crippen LogP contribution is 2.61. The molecule has 4 aliphatic heterocycles. The standard InChI is InChI=1S/C27H40N2O5S/c1-5-10-18(4)28-13-9-12-27-22(21-20(35-27)11-7-6-8-14-34-26(21)33)24(31)29(23(27)25(28)32)19(16-30)15-17(2)3/h7,9,11-12,17-23,30H,5-6,8,10,13-16H2,1-4H3/b11-7-/t18?,19-,20-,21+,22+,23?,27+/m1/s1. The van der Waals surface area contributed by atoms with Gasteiger partial charge in [0.2, 0.25) is 11.8 Å². The number of ether oxygens (including phenoxy) is 1. The molecule has 2 amide bonds. The van der Waals surface area contributed by atoms with Crippen molar-refractivity contribution in [2.75, 3.05) is 19.8 Å². The van der Waals surface area contributed by atoms with Crippen molar-refractivity contribution in [3.05, 3.63) is 24.3 Å². The summed E-state index contributed by atoms with van der Waals surface area (Å²) in [4.78, 5) is 45.4. The van der Waals surface area contributed by atoms with Crippen LogP contribution >= 0.6 is 11.8 Å². The van der Waals surface area contributed by atoms with Crippen LogP contribution in [0.25, 0.3) is 0 Å². The number of aliphatic hydroxyl groups excluding tert-OH is 1. The molecule has 0 aliphatic carbocycles. The molecule has 35 heavy (non-hydrogen) atoms. The van der Waals surface area contributed by atoms with E-state index in [9.17, 15) is 19.5 Å². The Kier molecular flexibility index (Phi) is 8.01. The smallest absolute Gasteiger partial charge is 0.311 e. The van der Waals surface area contributed by atoms with Gasteiger partial charge in [-0.25, -0.2) is 0 Å². The number of carbonyl (C=O) groups excluding carboxylic acids is 3. The van der Waals surface area contributed by atoms with Crippen LogP contribution in [0.15, 0.2) is 24.3 Å². The lowest BCUT2D eigenvalue weighted by Crippen LogP contribution is -2.58. The van der Waals surface area contributed by atoms with Gasteiger partial charge in [-0.3, -0.25) is 14.4 Å². The number of rotatable bonds is 7. The van der Waals surface area contributed by atoms with Gasteiger partial charge in [0.05, 0.1) is 35.8 Å². The Balaban J connectivity index is 1.84. The molecule has 0 aromatic carbocycles. The number of cyclic esters (lactones) is 1. The van der Waals surface area contributed by atoms with Crippen molar-refractivity contribution in [3.8, 4) is 0 Å². The van der Waals surface area contributed by atoms with E-state index in [-0.39, 0.29) is 41.6 Å². The monoisotopic (exact) mass is 504 g/mol. The average Bonchev–Trinajstić information content (AvgIpc) is 3.22. The number of thioether (sulfide) groups is 1. The number of aliphatic hydroxyl groups is 1. The van der Waals surface area contributed by atoms with Crippen LogP contribution in [0.5, 0.6) is 0 Å². The van der Waals surface area contributed by atoms with Gasteiger partial charge in [-0.15, -0.1) is 11.8 Å². The molecule has 0 radical (unpaired) electrons. The second kappa shape index (κ2) is 10.7. The summed E-state index contributed by atoms with van der Waals surface area (Å²) in [5.74, 6) is -1.74. The van der Waals surface area contributed by atoms with Crippen LogP contribution in [0.3, 0.4) is 0 Å². The highest BCUT2D eigenvalue weighted by atomic mass is 32.2. The third-order valence-corrected chi connectivity index (χ3v) is 9.65. The SMILES string of the molecule is CCCC(C)N1CC=C[C@]23S[C@@H]4/C=C\CCCOC(=O)[C@@H]4[C@H]2C(=O)N([C@@H](CO)CC(C)C)C3C1=O. The summed E-state index contributed by atoms with van der Waals surface area (Å²) in [7, 11) is 0. The Bertz CT molecular complexity index is 889. The fraction of sp³-hybridized carbons (Fsp3) is 0.741. The van der Waals surface area contributed by atoms with Crippen molar-refractivity contribution >= 4 is 29.5 Å². The maximum atomic E-state index is 14.3. The zero-order valence-electron chi connectivity index (χ0n) is 21.4. The Labute approximate surface area is 213 Å². The lowest BCUT2D eigenvalue weighted by atomic mass is 9.78. The topological polar surface area (TPSA) is 87.2 Å². The molecule has 2 saturated heterocycles. The molecule has 4 heterocycles. The molecule has 2 unspecified atom stereocenters. The predicted molar refractivity (Wildman–Crippen MR) is 137 cm³/mol. The lowest BCUT2D eigenvalue weighted by molar-refractivity contribution is -0.153.